The SMILES string of the molecule is COc1ccccc1NC(=O)CSCc1nc2scc(-c3ccccc3)c2c(=O)[nH]1. The first-order valence-electron chi connectivity index (χ1n) is 9.22. The van der Waals surface area contributed by atoms with Crippen molar-refractivity contribution in [1.82, 2.24) is 9.97 Å². The largest absolute Gasteiger partial charge is 0.495 e. The molecule has 2 aromatic carbocycles. The molecule has 0 unspecified atom stereocenters. The highest BCUT2D eigenvalue weighted by atomic mass is 32.2. The van der Waals surface area contributed by atoms with Crippen molar-refractivity contribution in [2.75, 3.05) is 18.2 Å². The van der Waals surface area contributed by atoms with E-state index in [1.807, 2.05) is 47.8 Å². The van der Waals surface area contributed by atoms with E-state index in [1.54, 1.807) is 19.2 Å². The molecule has 8 heteroatoms. The molecular weight excluding hydrogens is 418 g/mol. The summed E-state index contributed by atoms with van der Waals surface area (Å²) < 4.78 is 5.24. The minimum absolute atomic E-state index is 0.143. The van der Waals surface area contributed by atoms with Gasteiger partial charge in [-0.1, -0.05) is 42.5 Å². The predicted molar refractivity (Wildman–Crippen MR) is 123 cm³/mol. The molecule has 0 aliphatic rings. The summed E-state index contributed by atoms with van der Waals surface area (Å²) in [7, 11) is 1.56. The lowest BCUT2D eigenvalue weighted by molar-refractivity contribution is -0.113. The standard InChI is InChI=1S/C22H19N3O3S2/c1-28-17-10-6-5-9-16(17)23-19(26)13-29-12-18-24-21(27)20-15(11-30-22(20)25-18)14-7-3-2-4-8-14/h2-11H,12-13H2,1H3,(H,23,26)(H,24,25,27). The highest BCUT2D eigenvalue weighted by molar-refractivity contribution is 7.99. The molecule has 0 fully saturated rings. The number of nitrogens with one attached hydrogen (secondary N) is 2. The Hall–Kier alpha value is -3.10. The minimum atomic E-state index is -0.158. The molecule has 0 spiro atoms. The third-order valence-electron chi connectivity index (χ3n) is 4.43. The van der Waals surface area contributed by atoms with Crippen molar-refractivity contribution in [3.05, 3.63) is 76.2 Å². The number of fused-ring (bicyclic) bond motifs is 1. The molecular formula is C22H19N3O3S2. The van der Waals surface area contributed by atoms with Crippen molar-refractivity contribution >= 4 is 44.9 Å². The predicted octanol–water partition coefficient (Wildman–Crippen LogP) is 4.53. The number of carbonyl (C=O) groups excluding carboxylic acids is 1. The maximum atomic E-state index is 12.7. The number of H-pyrrole nitrogens is 1. The van der Waals surface area contributed by atoms with E-state index in [-0.39, 0.29) is 17.2 Å². The van der Waals surface area contributed by atoms with Crippen molar-refractivity contribution in [2.45, 2.75) is 5.75 Å². The molecule has 2 aromatic heterocycles. The van der Waals surface area contributed by atoms with Gasteiger partial charge in [0.1, 0.15) is 16.4 Å². The van der Waals surface area contributed by atoms with E-state index in [0.29, 0.717) is 33.2 Å². The normalized spacial score (nSPS) is 10.8. The van der Waals surface area contributed by atoms with Crippen LogP contribution in [-0.4, -0.2) is 28.7 Å². The monoisotopic (exact) mass is 437 g/mol. The van der Waals surface area contributed by atoms with Crippen LogP contribution in [0.2, 0.25) is 0 Å². The molecule has 152 valence electrons. The van der Waals surface area contributed by atoms with Gasteiger partial charge < -0.3 is 15.0 Å². The summed E-state index contributed by atoms with van der Waals surface area (Å²) in [5, 5.41) is 5.40. The second kappa shape index (κ2) is 9.15. The lowest BCUT2D eigenvalue weighted by atomic mass is 10.1. The maximum Gasteiger partial charge on any atom is 0.260 e. The second-order valence-electron chi connectivity index (χ2n) is 6.45. The highest BCUT2D eigenvalue weighted by Crippen LogP contribution is 2.30. The van der Waals surface area contributed by atoms with Crippen LogP contribution < -0.4 is 15.6 Å². The van der Waals surface area contributed by atoms with Crippen LogP contribution in [0.3, 0.4) is 0 Å². The Kier molecular flexibility index (Phi) is 6.15. The summed E-state index contributed by atoms with van der Waals surface area (Å²) >= 11 is 2.84. The topological polar surface area (TPSA) is 84.1 Å². The van der Waals surface area contributed by atoms with Crippen LogP contribution in [0.15, 0.2) is 64.8 Å². The van der Waals surface area contributed by atoms with Gasteiger partial charge in [-0.15, -0.1) is 23.1 Å². The number of hydrogen-bond donors (Lipinski definition) is 2. The van der Waals surface area contributed by atoms with Crippen LogP contribution in [0.1, 0.15) is 5.82 Å². The van der Waals surface area contributed by atoms with Gasteiger partial charge in [0, 0.05) is 10.9 Å². The van der Waals surface area contributed by atoms with Crippen LogP contribution in [0.4, 0.5) is 5.69 Å². The Morgan fingerprint density at radius 1 is 1.17 bits per heavy atom. The third kappa shape index (κ3) is 4.39. The van der Waals surface area contributed by atoms with Crippen molar-refractivity contribution < 1.29 is 9.53 Å². The molecule has 30 heavy (non-hydrogen) atoms. The van der Waals surface area contributed by atoms with Crippen LogP contribution >= 0.6 is 23.1 Å². The molecule has 2 heterocycles. The second-order valence-corrected chi connectivity index (χ2v) is 8.29. The number of ether oxygens (including phenoxy) is 1. The molecule has 2 N–H and O–H groups in total. The van der Waals surface area contributed by atoms with E-state index < -0.39 is 0 Å². The number of rotatable bonds is 7. The summed E-state index contributed by atoms with van der Waals surface area (Å²) in [5.41, 5.74) is 2.35. The first kappa shape index (κ1) is 20.2. The Labute approximate surface area is 181 Å². The lowest BCUT2D eigenvalue weighted by Crippen LogP contribution is -2.15. The number of carbonyl (C=O) groups is 1. The molecule has 0 aliphatic heterocycles. The van der Waals surface area contributed by atoms with Gasteiger partial charge >= 0.3 is 0 Å². The average molecular weight is 438 g/mol. The van der Waals surface area contributed by atoms with Crippen molar-refractivity contribution in [3.63, 3.8) is 0 Å². The first-order chi connectivity index (χ1) is 14.7. The van der Waals surface area contributed by atoms with Crippen molar-refractivity contribution in [1.29, 1.82) is 0 Å². The number of methoxy groups -OCH3 is 1. The van der Waals surface area contributed by atoms with Gasteiger partial charge in [0.25, 0.3) is 5.56 Å². The molecule has 0 aliphatic carbocycles. The number of amides is 1. The Bertz CT molecular complexity index is 1240. The fraction of sp³-hybridized carbons (Fsp3) is 0.136. The van der Waals surface area contributed by atoms with E-state index in [1.165, 1.54) is 23.1 Å². The number of benzene rings is 2. The van der Waals surface area contributed by atoms with E-state index in [0.717, 1.165) is 11.1 Å². The van der Waals surface area contributed by atoms with Crippen LogP contribution in [0.25, 0.3) is 21.3 Å². The fourth-order valence-corrected chi connectivity index (χ4v) is 4.72. The molecule has 0 saturated carbocycles. The van der Waals surface area contributed by atoms with E-state index in [9.17, 15) is 9.59 Å². The molecule has 0 bridgehead atoms. The smallest absolute Gasteiger partial charge is 0.260 e. The van der Waals surface area contributed by atoms with Gasteiger partial charge in [-0.05, 0) is 17.7 Å². The first-order valence-corrected chi connectivity index (χ1v) is 11.3. The summed E-state index contributed by atoms with van der Waals surface area (Å²) in [6.07, 6.45) is 0. The van der Waals surface area contributed by atoms with Crippen molar-refractivity contribution in [2.24, 2.45) is 0 Å². The minimum Gasteiger partial charge on any atom is -0.495 e. The summed E-state index contributed by atoms with van der Waals surface area (Å²) in [6.45, 7) is 0. The quantitative estimate of drug-likeness (QED) is 0.444. The Morgan fingerprint density at radius 2 is 1.93 bits per heavy atom. The fourth-order valence-electron chi connectivity index (χ4n) is 3.07. The Balaban J connectivity index is 1.42. The number of thioether (sulfide) groups is 1. The number of para-hydroxylation sites is 2. The van der Waals surface area contributed by atoms with E-state index in [2.05, 4.69) is 15.3 Å². The van der Waals surface area contributed by atoms with Gasteiger partial charge in [0.05, 0.1) is 29.7 Å². The van der Waals surface area contributed by atoms with Gasteiger partial charge in [-0.25, -0.2) is 4.98 Å². The zero-order valence-electron chi connectivity index (χ0n) is 16.2. The van der Waals surface area contributed by atoms with E-state index >= 15 is 0 Å². The van der Waals surface area contributed by atoms with Crippen LogP contribution in [0, 0.1) is 0 Å². The highest BCUT2D eigenvalue weighted by Gasteiger charge is 2.13. The maximum absolute atomic E-state index is 12.7. The van der Waals surface area contributed by atoms with Gasteiger partial charge in [-0.3, -0.25) is 9.59 Å². The third-order valence-corrected chi connectivity index (χ3v) is 6.25. The average Bonchev–Trinajstić information content (AvgIpc) is 3.19. The molecule has 6 nitrogen and oxygen atoms in total. The van der Waals surface area contributed by atoms with Gasteiger partial charge in [0.2, 0.25) is 5.91 Å². The van der Waals surface area contributed by atoms with E-state index in [4.69, 9.17) is 4.74 Å². The number of nitrogens with zero attached hydrogens (tertiary/aromatic N) is 1. The summed E-state index contributed by atoms with van der Waals surface area (Å²) in [5.74, 6) is 1.70. The number of hydrogen-bond acceptors (Lipinski definition) is 6. The molecule has 0 atom stereocenters. The number of anilines is 1. The Morgan fingerprint density at radius 3 is 2.73 bits per heavy atom. The number of aromatic nitrogens is 2. The molecule has 0 saturated heterocycles. The zero-order chi connectivity index (χ0) is 20.9. The van der Waals surface area contributed by atoms with Crippen molar-refractivity contribution in [3.8, 4) is 16.9 Å². The molecule has 4 rings (SSSR count). The summed E-state index contributed by atoms with van der Waals surface area (Å²) in [4.78, 5) is 33.0. The number of aromatic amines is 1. The van der Waals surface area contributed by atoms with Gasteiger partial charge in [-0.2, -0.15) is 0 Å². The zero-order valence-corrected chi connectivity index (χ0v) is 17.8. The molecule has 1 amide bonds. The molecule has 4 aromatic rings. The lowest BCUT2D eigenvalue weighted by Gasteiger charge is -2.09. The van der Waals surface area contributed by atoms with Crippen LogP contribution in [-0.2, 0) is 10.5 Å². The molecule has 0 radical (unpaired) electrons. The van der Waals surface area contributed by atoms with Crippen LogP contribution in [0.5, 0.6) is 5.75 Å². The number of thiophene rings is 1. The summed E-state index contributed by atoms with van der Waals surface area (Å²) in [6, 6.07) is 17.0. The van der Waals surface area contributed by atoms with Gasteiger partial charge in [0.15, 0.2) is 0 Å².